The predicted molar refractivity (Wildman–Crippen MR) is 102 cm³/mol. The van der Waals surface area contributed by atoms with Crippen molar-refractivity contribution in [2.45, 2.75) is 18.9 Å². The summed E-state index contributed by atoms with van der Waals surface area (Å²) < 4.78 is 6.10. The molecule has 1 amide bonds. The smallest absolute Gasteiger partial charge is 0.257 e. The molecule has 1 aromatic carbocycles. The van der Waals surface area contributed by atoms with Crippen LogP contribution in [0.15, 0.2) is 36.9 Å². The number of aromatic nitrogens is 4. The van der Waals surface area contributed by atoms with Crippen molar-refractivity contribution < 1.29 is 9.53 Å². The molecule has 0 radical (unpaired) electrons. The minimum absolute atomic E-state index is 0.00628. The summed E-state index contributed by atoms with van der Waals surface area (Å²) in [6.07, 6.45) is 6.56. The molecule has 3 aromatic rings. The first kappa shape index (κ1) is 17.3. The van der Waals surface area contributed by atoms with E-state index in [1.807, 2.05) is 42.1 Å². The number of nitrogens with one attached hydrogen (secondary N) is 1. The Morgan fingerprint density at radius 2 is 2.11 bits per heavy atom. The highest BCUT2D eigenvalue weighted by molar-refractivity contribution is 5.97. The van der Waals surface area contributed by atoms with Crippen LogP contribution in [0, 0.1) is 0 Å². The lowest BCUT2D eigenvalue weighted by atomic mass is 10.1. The summed E-state index contributed by atoms with van der Waals surface area (Å²) >= 11 is 0. The fourth-order valence-electron chi connectivity index (χ4n) is 3.34. The molecule has 2 aromatic heterocycles. The van der Waals surface area contributed by atoms with E-state index < -0.39 is 0 Å². The van der Waals surface area contributed by atoms with Gasteiger partial charge in [-0.15, -0.1) is 0 Å². The Bertz CT molecular complexity index is 954. The maximum atomic E-state index is 12.9. The van der Waals surface area contributed by atoms with Crippen LogP contribution >= 0.6 is 0 Å². The lowest BCUT2D eigenvalue weighted by Crippen LogP contribution is -2.44. The number of carbonyl (C=O) groups is 1. The van der Waals surface area contributed by atoms with Crippen LogP contribution in [-0.2, 0) is 0 Å². The number of fused-ring (bicyclic) bond motifs is 1. The number of hydrogen-bond acceptors (Lipinski definition) is 6. The second kappa shape index (κ2) is 7.22. The fourth-order valence-corrected chi connectivity index (χ4v) is 3.34. The Hall–Kier alpha value is -3.16. The Kier molecular flexibility index (Phi) is 4.62. The number of hydrogen-bond donors (Lipinski definition) is 1. The topological polar surface area (TPSA) is 87.2 Å². The molecule has 3 heterocycles. The van der Waals surface area contributed by atoms with Gasteiger partial charge < -0.3 is 19.5 Å². The van der Waals surface area contributed by atoms with E-state index in [0.717, 1.165) is 30.4 Å². The summed E-state index contributed by atoms with van der Waals surface area (Å²) in [6, 6.07) is 5.53. The average molecular weight is 366 g/mol. The maximum Gasteiger partial charge on any atom is 0.257 e. The van der Waals surface area contributed by atoms with Crippen molar-refractivity contribution in [3.8, 4) is 5.88 Å². The molecule has 0 aliphatic carbocycles. The Balaban J connectivity index is 1.48. The van der Waals surface area contributed by atoms with E-state index in [9.17, 15) is 4.79 Å². The van der Waals surface area contributed by atoms with Crippen LogP contribution in [0.2, 0.25) is 0 Å². The van der Waals surface area contributed by atoms with E-state index in [1.54, 1.807) is 18.7 Å². The van der Waals surface area contributed by atoms with Crippen molar-refractivity contribution in [1.82, 2.24) is 24.8 Å². The van der Waals surface area contributed by atoms with Crippen LogP contribution in [0.5, 0.6) is 5.88 Å². The molecule has 1 N–H and O–H groups in total. The highest BCUT2D eigenvalue weighted by Crippen LogP contribution is 2.25. The van der Waals surface area contributed by atoms with E-state index in [4.69, 9.17) is 4.74 Å². The average Bonchev–Trinajstić information content (AvgIpc) is 3.15. The first-order valence-electron chi connectivity index (χ1n) is 8.99. The zero-order chi connectivity index (χ0) is 18.8. The van der Waals surface area contributed by atoms with E-state index >= 15 is 0 Å². The normalized spacial score (nSPS) is 17.1. The molecule has 1 atom stereocenters. The van der Waals surface area contributed by atoms with Gasteiger partial charge >= 0.3 is 0 Å². The molecule has 0 unspecified atom stereocenters. The third kappa shape index (κ3) is 3.55. The van der Waals surface area contributed by atoms with E-state index in [-0.39, 0.29) is 12.0 Å². The van der Waals surface area contributed by atoms with Crippen LogP contribution in [-0.4, -0.2) is 64.0 Å². The van der Waals surface area contributed by atoms with Crippen molar-refractivity contribution in [3.63, 3.8) is 0 Å². The number of nitrogens with zero attached hydrogens (tertiary/aromatic N) is 5. The minimum Gasteiger partial charge on any atom is -0.470 e. The number of aromatic amines is 1. The molecule has 0 spiro atoms. The number of piperidine rings is 1. The molecule has 27 heavy (non-hydrogen) atoms. The zero-order valence-electron chi connectivity index (χ0n) is 15.4. The predicted octanol–water partition coefficient (Wildman–Crippen LogP) is 2.10. The summed E-state index contributed by atoms with van der Waals surface area (Å²) in [5.74, 6) is 1.19. The largest absolute Gasteiger partial charge is 0.470 e. The number of carbonyl (C=O) groups excluding carboxylic acids is 1. The van der Waals surface area contributed by atoms with Crippen molar-refractivity contribution in [2.24, 2.45) is 0 Å². The van der Waals surface area contributed by atoms with Gasteiger partial charge in [0.1, 0.15) is 6.10 Å². The number of likely N-dealkylation sites (tertiary alicyclic amines) is 1. The Morgan fingerprint density at radius 3 is 2.96 bits per heavy atom. The van der Waals surface area contributed by atoms with Crippen molar-refractivity contribution >= 4 is 22.8 Å². The molecule has 4 rings (SSSR count). The van der Waals surface area contributed by atoms with Gasteiger partial charge in [-0.25, -0.2) is 15.0 Å². The van der Waals surface area contributed by atoms with Gasteiger partial charge in [0.15, 0.2) is 5.82 Å². The van der Waals surface area contributed by atoms with Gasteiger partial charge in [0.05, 0.1) is 23.9 Å². The molecule has 0 bridgehead atoms. The lowest BCUT2D eigenvalue weighted by Gasteiger charge is -2.33. The summed E-state index contributed by atoms with van der Waals surface area (Å²) in [7, 11) is 3.80. The van der Waals surface area contributed by atoms with E-state index in [0.29, 0.717) is 23.8 Å². The molecule has 8 nitrogen and oxygen atoms in total. The SMILES string of the molecule is CN(C)c1nccnc1O[C@H]1CCCN(C(=O)c2ccc3nc[nH]c3c2)C1. The van der Waals surface area contributed by atoms with Gasteiger partial charge in [-0.05, 0) is 31.0 Å². The summed E-state index contributed by atoms with van der Waals surface area (Å²) in [4.78, 5) is 32.5. The van der Waals surface area contributed by atoms with Crippen molar-refractivity contribution in [2.75, 3.05) is 32.1 Å². The summed E-state index contributed by atoms with van der Waals surface area (Å²) in [5.41, 5.74) is 2.37. The molecule has 1 aliphatic rings. The van der Waals surface area contributed by atoms with Gasteiger partial charge in [-0.1, -0.05) is 0 Å². The molecule has 0 saturated carbocycles. The zero-order valence-corrected chi connectivity index (χ0v) is 15.4. The molecule has 8 heteroatoms. The summed E-state index contributed by atoms with van der Waals surface area (Å²) in [5, 5.41) is 0. The first-order valence-corrected chi connectivity index (χ1v) is 8.99. The van der Waals surface area contributed by atoms with E-state index in [2.05, 4.69) is 19.9 Å². The maximum absolute atomic E-state index is 12.9. The quantitative estimate of drug-likeness (QED) is 0.761. The number of imidazole rings is 1. The number of ether oxygens (including phenoxy) is 1. The molecule has 140 valence electrons. The van der Waals surface area contributed by atoms with Gasteiger partial charge in [-0.2, -0.15) is 0 Å². The Morgan fingerprint density at radius 1 is 1.26 bits per heavy atom. The van der Waals surface area contributed by atoms with Crippen LogP contribution < -0.4 is 9.64 Å². The van der Waals surface area contributed by atoms with Crippen LogP contribution in [0.1, 0.15) is 23.2 Å². The fraction of sp³-hybridized carbons (Fsp3) is 0.368. The number of benzene rings is 1. The number of amides is 1. The second-order valence-electron chi connectivity index (χ2n) is 6.85. The van der Waals surface area contributed by atoms with Gasteiger partial charge in [0, 0.05) is 38.6 Å². The van der Waals surface area contributed by atoms with Crippen LogP contribution in [0.3, 0.4) is 0 Å². The van der Waals surface area contributed by atoms with Crippen LogP contribution in [0.25, 0.3) is 11.0 Å². The molecular formula is C19H22N6O2. The number of rotatable bonds is 4. The molecular weight excluding hydrogens is 344 g/mol. The van der Waals surface area contributed by atoms with Gasteiger partial charge in [0.25, 0.3) is 11.8 Å². The van der Waals surface area contributed by atoms with Crippen molar-refractivity contribution in [3.05, 3.63) is 42.5 Å². The number of H-pyrrole nitrogens is 1. The van der Waals surface area contributed by atoms with E-state index in [1.165, 1.54) is 0 Å². The third-order valence-electron chi connectivity index (χ3n) is 4.68. The summed E-state index contributed by atoms with van der Waals surface area (Å²) in [6.45, 7) is 1.25. The Labute approximate surface area is 157 Å². The molecule has 1 fully saturated rings. The van der Waals surface area contributed by atoms with Crippen molar-refractivity contribution in [1.29, 1.82) is 0 Å². The lowest BCUT2D eigenvalue weighted by molar-refractivity contribution is 0.0528. The van der Waals surface area contributed by atoms with Gasteiger partial charge in [-0.3, -0.25) is 4.79 Å². The molecule has 1 aliphatic heterocycles. The monoisotopic (exact) mass is 366 g/mol. The molecule has 1 saturated heterocycles. The highest BCUT2D eigenvalue weighted by atomic mass is 16.5. The first-order chi connectivity index (χ1) is 13.1. The number of anilines is 1. The highest BCUT2D eigenvalue weighted by Gasteiger charge is 2.27. The minimum atomic E-state index is -0.103. The second-order valence-corrected chi connectivity index (χ2v) is 6.85. The standard InChI is InChI=1S/C19H22N6O2/c1-24(2)17-18(21-8-7-20-17)27-14-4-3-9-25(11-14)19(26)13-5-6-15-16(10-13)23-12-22-15/h5-8,10,12,14H,3-4,9,11H2,1-2H3,(H,22,23)/t14-/m0/s1. The van der Waals surface area contributed by atoms with Gasteiger partial charge in [0.2, 0.25) is 0 Å². The van der Waals surface area contributed by atoms with Crippen LogP contribution in [0.4, 0.5) is 5.82 Å². The third-order valence-corrected chi connectivity index (χ3v) is 4.68.